The van der Waals surface area contributed by atoms with Crippen molar-refractivity contribution < 1.29 is 19.4 Å². The average Bonchev–Trinajstić information content (AvgIpc) is 2.90. The highest BCUT2D eigenvalue weighted by Crippen LogP contribution is 2.23. The number of amides is 1. The van der Waals surface area contributed by atoms with E-state index in [-0.39, 0.29) is 17.8 Å². The van der Waals surface area contributed by atoms with Crippen LogP contribution in [0.3, 0.4) is 0 Å². The minimum absolute atomic E-state index is 0.182. The van der Waals surface area contributed by atoms with Gasteiger partial charge in [0.1, 0.15) is 6.04 Å². The second-order valence-corrected chi connectivity index (χ2v) is 5.51. The number of hydrogen-bond acceptors (Lipinski definition) is 5. The molecule has 2 unspecified atom stereocenters. The van der Waals surface area contributed by atoms with Crippen molar-refractivity contribution in [1.82, 2.24) is 9.88 Å². The number of pyridine rings is 1. The largest absolute Gasteiger partial charge is 0.480 e. The number of carboxylic acids is 1. The number of nitrogens with zero attached hydrogens (tertiary/aromatic N) is 2. The molecule has 2 heterocycles. The van der Waals surface area contributed by atoms with Gasteiger partial charge in [-0.1, -0.05) is 0 Å². The van der Waals surface area contributed by atoms with Gasteiger partial charge in [0, 0.05) is 37.4 Å². The predicted octanol–water partition coefficient (Wildman–Crippen LogP) is 0.874. The van der Waals surface area contributed by atoms with Crippen molar-refractivity contribution in [2.45, 2.75) is 23.5 Å². The van der Waals surface area contributed by atoms with Crippen LogP contribution in [0.4, 0.5) is 0 Å². The van der Waals surface area contributed by atoms with Gasteiger partial charge in [-0.05, 0) is 12.1 Å². The van der Waals surface area contributed by atoms with E-state index in [1.54, 1.807) is 12.4 Å². The van der Waals surface area contributed by atoms with Gasteiger partial charge in [0.05, 0.1) is 11.9 Å². The fourth-order valence-corrected chi connectivity index (χ4v) is 2.91. The number of hydrogen-bond donors (Lipinski definition) is 1. The summed E-state index contributed by atoms with van der Waals surface area (Å²) in [5, 5.41) is 9.17. The third-order valence-corrected chi connectivity index (χ3v) is 4.21. The molecule has 1 N–H and O–H groups in total. The first-order valence-corrected chi connectivity index (χ1v) is 7.18. The van der Waals surface area contributed by atoms with Crippen molar-refractivity contribution in [3.05, 3.63) is 24.5 Å². The maximum atomic E-state index is 12.2. The number of thioether (sulfide) groups is 1. The molecule has 0 saturated carbocycles. The molecular formula is C13H16N2O4S. The molecule has 108 valence electrons. The molecule has 0 radical (unpaired) electrons. The number of ether oxygens (including phenoxy) is 1. The number of carboxylic acid groups (broad SMARTS) is 1. The van der Waals surface area contributed by atoms with Crippen molar-refractivity contribution in [1.29, 1.82) is 0 Å². The zero-order chi connectivity index (χ0) is 14.5. The Bertz CT molecular complexity index is 483. The number of rotatable bonds is 5. The Balaban J connectivity index is 1.95. The van der Waals surface area contributed by atoms with Crippen molar-refractivity contribution in [2.75, 3.05) is 19.4 Å². The lowest BCUT2D eigenvalue weighted by Gasteiger charge is -2.20. The molecule has 0 spiro atoms. The lowest BCUT2D eigenvalue weighted by atomic mass is 10.2. The average molecular weight is 296 g/mol. The van der Waals surface area contributed by atoms with Crippen LogP contribution in [-0.2, 0) is 14.3 Å². The Labute approximate surface area is 121 Å². The van der Waals surface area contributed by atoms with E-state index in [1.807, 2.05) is 12.1 Å². The quantitative estimate of drug-likeness (QED) is 0.812. The first-order valence-electron chi connectivity index (χ1n) is 6.19. The first kappa shape index (κ1) is 14.8. The maximum Gasteiger partial charge on any atom is 0.326 e. The van der Waals surface area contributed by atoms with E-state index in [9.17, 15) is 9.59 Å². The van der Waals surface area contributed by atoms with Gasteiger partial charge >= 0.3 is 5.97 Å². The van der Waals surface area contributed by atoms with Gasteiger partial charge in [0.25, 0.3) is 0 Å². The summed E-state index contributed by atoms with van der Waals surface area (Å²) in [6.07, 6.45) is 3.45. The molecule has 1 aliphatic heterocycles. The predicted molar refractivity (Wildman–Crippen MR) is 73.5 cm³/mol. The van der Waals surface area contributed by atoms with Crippen molar-refractivity contribution in [2.24, 2.45) is 0 Å². The van der Waals surface area contributed by atoms with Crippen LogP contribution in [0.15, 0.2) is 29.4 Å². The van der Waals surface area contributed by atoms with E-state index in [1.165, 1.54) is 23.8 Å². The van der Waals surface area contributed by atoms with E-state index < -0.39 is 12.0 Å². The van der Waals surface area contributed by atoms with Crippen LogP contribution >= 0.6 is 11.8 Å². The molecule has 1 saturated heterocycles. The van der Waals surface area contributed by atoms with Crippen molar-refractivity contribution >= 4 is 23.6 Å². The van der Waals surface area contributed by atoms with Gasteiger partial charge in [-0.3, -0.25) is 9.78 Å². The van der Waals surface area contributed by atoms with E-state index in [4.69, 9.17) is 9.84 Å². The molecular weight excluding hydrogens is 280 g/mol. The zero-order valence-electron chi connectivity index (χ0n) is 11.1. The molecule has 6 nitrogen and oxygen atoms in total. The first-order chi connectivity index (χ1) is 9.61. The van der Waals surface area contributed by atoms with E-state index >= 15 is 0 Å². The number of aromatic nitrogens is 1. The Hall–Kier alpha value is -1.60. The minimum Gasteiger partial charge on any atom is -0.480 e. The molecule has 2 atom stereocenters. The molecule has 20 heavy (non-hydrogen) atoms. The number of aliphatic carboxylic acids is 1. The monoisotopic (exact) mass is 296 g/mol. The fourth-order valence-electron chi connectivity index (χ4n) is 2.14. The molecule has 1 aromatic rings. The normalized spacial score (nSPS) is 21.9. The van der Waals surface area contributed by atoms with Crippen molar-refractivity contribution in [3.8, 4) is 0 Å². The van der Waals surface area contributed by atoms with E-state index in [0.717, 1.165) is 4.90 Å². The van der Waals surface area contributed by atoms with Gasteiger partial charge in [0.2, 0.25) is 5.91 Å². The summed E-state index contributed by atoms with van der Waals surface area (Å²) in [5.41, 5.74) is 0. The highest BCUT2D eigenvalue weighted by atomic mass is 32.2. The SMILES string of the molecule is COC1CC(C(=O)O)N(C(=O)CSc2ccncc2)C1. The summed E-state index contributed by atoms with van der Waals surface area (Å²) in [4.78, 5) is 29.6. The van der Waals surface area contributed by atoms with Crippen molar-refractivity contribution in [3.63, 3.8) is 0 Å². The summed E-state index contributed by atoms with van der Waals surface area (Å²) in [5.74, 6) is -0.949. The van der Waals surface area contributed by atoms with E-state index in [2.05, 4.69) is 4.98 Å². The zero-order valence-corrected chi connectivity index (χ0v) is 11.9. The highest BCUT2D eigenvalue weighted by molar-refractivity contribution is 8.00. The van der Waals surface area contributed by atoms with Gasteiger partial charge in [-0.25, -0.2) is 4.79 Å². The van der Waals surface area contributed by atoms with Crippen LogP contribution in [0.25, 0.3) is 0 Å². The number of carbonyl (C=O) groups is 2. The Morgan fingerprint density at radius 3 is 2.80 bits per heavy atom. The van der Waals surface area contributed by atoms with Gasteiger partial charge in [-0.15, -0.1) is 11.8 Å². The van der Waals surface area contributed by atoms with Crippen LogP contribution in [0.5, 0.6) is 0 Å². The van der Waals surface area contributed by atoms with Crippen LogP contribution in [0.2, 0.25) is 0 Å². The van der Waals surface area contributed by atoms with Crippen LogP contribution < -0.4 is 0 Å². The molecule has 1 aromatic heterocycles. The van der Waals surface area contributed by atoms with Gasteiger partial charge in [-0.2, -0.15) is 0 Å². The van der Waals surface area contributed by atoms with E-state index in [0.29, 0.717) is 13.0 Å². The summed E-state index contributed by atoms with van der Waals surface area (Å²) < 4.78 is 5.16. The van der Waals surface area contributed by atoms with Gasteiger partial charge in [0.15, 0.2) is 0 Å². The van der Waals surface area contributed by atoms with Gasteiger partial charge < -0.3 is 14.7 Å². The lowest BCUT2D eigenvalue weighted by molar-refractivity contribution is -0.147. The molecule has 2 rings (SSSR count). The molecule has 0 aromatic carbocycles. The summed E-state index contributed by atoms with van der Waals surface area (Å²) in [6.45, 7) is 0.337. The number of methoxy groups -OCH3 is 1. The standard InChI is InChI=1S/C13H16N2O4S/c1-19-9-6-11(13(17)18)15(7-9)12(16)8-20-10-2-4-14-5-3-10/h2-5,9,11H,6-8H2,1H3,(H,17,18). The maximum absolute atomic E-state index is 12.2. The summed E-state index contributed by atoms with van der Waals surface area (Å²) >= 11 is 1.37. The van der Waals surface area contributed by atoms with Crippen LogP contribution in [-0.4, -0.2) is 58.4 Å². The third kappa shape index (κ3) is 3.49. The highest BCUT2D eigenvalue weighted by Gasteiger charge is 2.39. The molecule has 7 heteroatoms. The summed E-state index contributed by atoms with van der Waals surface area (Å²) in [6, 6.07) is 2.84. The number of likely N-dealkylation sites (tertiary alicyclic amines) is 1. The topological polar surface area (TPSA) is 79.7 Å². The second kappa shape index (κ2) is 6.71. The molecule has 1 amide bonds. The van der Waals surface area contributed by atoms with Crippen LogP contribution in [0, 0.1) is 0 Å². The lowest BCUT2D eigenvalue weighted by Crippen LogP contribution is -2.41. The Morgan fingerprint density at radius 2 is 2.20 bits per heavy atom. The molecule has 1 fully saturated rings. The molecule has 1 aliphatic rings. The minimum atomic E-state index is -0.980. The number of carbonyl (C=O) groups excluding carboxylic acids is 1. The molecule has 0 aliphatic carbocycles. The Morgan fingerprint density at radius 1 is 1.50 bits per heavy atom. The molecule has 0 bridgehead atoms. The second-order valence-electron chi connectivity index (χ2n) is 4.47. The fraction of sp³-hybridized carbons (Fsp3) is 0.462. The van der Waals surface area contributed by atoms with Crippen LogP contribution in [0.1, 0.15) is 6.42 Å². The third-order valence-electron chi connectivity index (χ3n) is 3.21. The smallest absolute Gasteiger partial charge is 0.326 e. The summed E-state index contributed by atoms with van der Waals surface area (Å²) in [7, 11) is 1.53. The Kier molecular flexibility index (Phi) is 4.97.